The number of hydrogen-bond acceptors (Lipinski definition) is 5. The van der Waals surface area contributed by atoms with Crippen LogP contribution in [0.3, 0.4) is 0 Å². The van der Waals surface area contributed by atoms with Crippen molar-refractivity contribution in [2.45, 2.75) is 6.42 Å². The third-order valence-electron chi connectivity index (χ3n) is 4.85. The molecule has 29 heavy (non-hydrogen) atoms. The Morgan fingerprint density at radius 1 is 1.07 bits per heavy atom. The number of aromatic nitrogens is 3. The van der Waals surface area contributed by atoms with Gasteiger partial charge < -0.3 is 20.9 Å². The van der Waals surface area contributed by atoms with E-state index in [1.807, 2.05) is 48.5 Å². The van der Waals surface area contributed by atoms with E-state index in [1.54, 1.807) is 0 Å². The van der Waals surface area contributed by atoms with Gasteiger partial charge in [0.2, 0.25) is 0 Å². The molecule has 0 bridgehead atoms. The number of aromatic amines is 1. The van der Waals surface area contributed by atoms with Crippen LogP contribution >= 0.6 is 0 Å². The summed E-state index contributed by atoms with van der Waals surface area (Å²) in [7, 11) is 4.11. The van der Waals surface area contributed by atoms with Crippen LogP contribution in [-0.2, 0) is 0 Å². The lowest BCUT2D eigenvalue weighted by Gasteiger charge is -2.13. The first-order chi connectivity index (χ1) is 14.0. The van der Waals surface area contributed by atoms with Crippen molar-refractivity contribution in [3.63, 3.8) is 0 Å². The zero-order chi connectivity index (χ0) is 20.4. The minimum absolute atomic E-state index is 0.412. The second kappa shape index (κ2) is 7.89. The molecule has 0 aliphatic rings. The van der Waals surface area contributed by atoms with Gasteiger partial charge in [-0.3, -0.25) is 4.79 Å². The van der Waals surface area contributed by atoms with Crippen LogP contribution in [0.5, 0.6) is 0 Å². The molecule has 148 valence electrons. The van der Waals surface area contributed by atoms with E-state index in [0.717, 1.165) is 47.1 Å². The van der Waals surface area contributed by atoms with Gasteiger partial charge in [0.25, 0.3) is 5.91 Å². The zero-order valence-corrected chi connectivity index (χ0v) is 16.6. The Labute approximate surface area is 169 Å². The van der Waals surface area contributed by atoms with Gasteiger partial charge in [0.1, 0.15) is 5.82 Å². The zero-order valence-electron chi connectivity index (χ0n) is 16.6. The van der Waals surface area contributed by atoms with Gasteiger partial charge in [-0.15, -0.1) is 0 Å². The average Bonchev–Trinajstić information content (AvgIpc) is 3.10. The Morgan fingerprint density at radius 2 is 1.79 bits per heavy atom. The summed E-state index contributed by atoms with van der Waals surface area (Å²) in [5.41, 5.74) is 8.29. The number of rotatable bonds is 7. The molecule has 1 amide bonds. The van der Waals surface area contributed by atoms with Crippen LogP contribution in [0.1, 0.15) is 16.8 Å². The number of carbonyl (C=O) groups excluding carboxylic acids is 1. The maximum Gasteiger partial charge on any atom is 0.251 e. The molecule has 0 saturated heterocycles. The van der Waals surface area contributed by atoms with Crippen LogP contribution in [0.25, 0.3) is 33.3 Å². The molecule has 0 aliphatic carbocycles. The van der Waals surface area contributed by atoms with E-state index in [2.05, 4.69) is 29.3 Å². The molecule has 0 fully saturated rings. The van der Waals surface area contributed by atoms with E-state index in [4.69, 9.17) is 15.7 Å². The van der Waals surface area contributed by atoms with E-state index >= 15 is 0 Å². The van der Waals surface area contributed by atoms with E-state index in [0.29, 0.717) is 17.1 Å². The Bertz CT molecular complexity index is 1180. The first-order valence-electron chi connectivity index (χ1n) is 9.61. The second-order valence-corrected chi connectivity index (χ2v) is 7.28. The van der Waals surface area contributed by atoms with Crippen LogP contribution < -0.4 is 11.1 Å². The van der Waals surface area contributed by atoms with Gasteiger partial charge in [0.15, 0.2) is 5.82 Å². The molecule has 0 spiro atoms. The SMILES string of the molecule is CN(C)CCCNc1nc(-c2[nH]c3ccccc3c2C(N)=O)nc2ccccc12. The molecule has 4 N–H and O–H groups in total. The summed E-state index contributed by atoms with van der Waals surface area (Å²) in [5.74, 6) is 0.692. The fraction of sp³-hybridized carbons (Fsp3) is 0.227. The largest absolute Gasteiger partial charge is 0.369 e. The molecule has 4 rings (SSSR count). The predicted octanol–water partition coefficient (Wildman–Crippen LogP) is 3.24. The minimum atomic E-state index is -0.505. The lowest BCUT2D eigenvalue weighted by molar-refractivity contribution is 0.100. The van der Waals surface area contributed by atoms with Gasteiger partial charge in [0.05, 0.1) is 16.8 Å². The summed E-state index contributed by atoms with van der Waals surface area (Å²) in [6.45, 7) is 1.77. The molecule has 0 saturated carbocycles. The van der Waals surface area contributed by atoms with Crippen molar-refractivity contribution in [1.29, 1.82) is 0 Å². The Hall–Kier alpha value is -3.45. The van der Waals surface area contributed by atoms with Crippen LogP contribution in [0.4, 0.5) is 5.82 Å². The summed E-state index contributed by atoms with van der Waals surface area (Å²) in [4.78, 5) is 27.1. The highest BCUT2D eigenvalue weighted by molar-refractivity contribution is 6.11. The minimum Gasteiger partial charge on any atom is -0.369 e. The van der Waals surface area contributed by atoms with Crippen LogP contribution in [0, 0.1) is 0 Å². The molecular formula is C22H24N6O. The van der Waals surface area contributed by atoms with Gasteiger partial charge in [-0.1, -0.05) is 30.3 Å². The molecule has 7 heteroatoms. The Morgan fingerprint density at radius 3 is 2.55 bits per heavy atom. The number of para-hydroxylation sites is 2. The first-order valence-corrected chi connectivity index (χ1v) is 9.61. The highest BCUT2D eigenvalue weighted by atomic mass is 16.1. The van der Waals surface area contributed by atoms with E-state index < -0.39 is 5.91 Å². The van der Waals surface area contributed by atoms with Crippen molar-refractivity contribution in [2.75, 3.05) is 32.5 Å². The molecule has 0 atom stereocenters. The maximum atomic E-state index is 12.2. The van der Waals surface area contributed by atoms with Crippen molar-refractivity contribution < 1.29 is 4.79 Å². The quantitative estimate of drug-likeness (QED) is 0.422. The smallest absolute Gasteiger partial charge is 0.251 e. The number of carbonyl (C=O) groups is 1. The summed E-state index contributed by atoms with van der Waals surface area (Å²) in [6, 6.07) is 15.4. The maximum absolute atomic E-state index is 12.2. The number of nitrogens with zero attached hydrogens (tertiary/aromatic N) is 3. The number of amides is 1. The van der Waals surface area contributed by atoms with Crippen molar-refractivity contribution in [2.24, 2.45) is 5.73 Å². The molecule has 2 aromatic heterocycles. The van der Waals surface area contributed by atoms with Gasteiger partial charge in [-0.05, 0) is 45.3 Å². The number of fused-ring (bicyclic) bond motifs is 2. The fourth-order valence-corrected chi connectivity index (χ4v) is 3.49. The highest BCUT2D eigenvalue weighted by Crippen LogP contribution is 2.31. The number of hydrogen-bond donors (Lipinski definition) is 3. The van der Waals surface area contributed by atoms with Gasteiger partial charge in [-0.25, -0.2) is 9.97 Å². The van der Waals surface area contributed by atoms with E-state index in [-0.39, 0.29) is 0 Å². The summed E-state index contributed by atoms with van der Waals surface area (Å²) in [6.07, 6.45) is 0.986. The molecule has 0 aliphatic heterocycles. The van der Waals surface area contributed by atoms with E-state index in [1.165, 1.54) is 0 Å². The lowest BCUT2D eigenvalue weighted by atomic mass is 10.1. The monoisotopic (exact) mass is 388 g/mol. The third-order valence-corrected chi connectivity index (χ3v) is 4.85. The number of primary amides is 1. The number of H-pyrrole nitrogens is 1. The van der Waals surface area contributed by atoms with Crippen molar-refractivity contribution in [3.8, 4) is 11.5 Å². The third kappa shape index (κ3) is 3.77. The number of nitrogens with one attached hydrogen (secondary N) is 2. The molecule has 4 aromatic rings. The van der Waals surface area contributed by atoms with Gasteiger partial charge in [0, 0.05) is 22.8 Å². The van der Waals surface area contributed by atoms with Crippen molar-refractivity contribution in [1.82, 2.24) is 19.9 Å². The molecule has 2 aromatic carbocycles. The molecule has 0 unspecified atom stereocenters. The van der Waals surface area contributed by atoms with Crippen molar-refractivity contribution >= 4 is 33.5 Å². The fourth-order valence-electron chi connectivity index (χ4n) is 3.49. The first kappa shape index (κ1) is 18.9. The number of anilines is 1. The van der Waals surface area contributed by atoms with Gasteiger partial charge >= 0.3 is 0 Å². The summed E-state index contributed by atoms with van der Waals surface area (Å²) in [5, 5.41) is 5.14. The second-order valence-electron chi connectivity index (χ2n) is 7.28. The standard InChI is InChI=1S/C22H24N6O/c1-28(2)13-7-12-24-21-15-9-4-6-11-17(15)26-22(27-21)19-18(20(23)29)14-8-3-5-10-16(14)25-19/h3-6,8-11,25H,7,12-13H2,1-2H3,(H2,23,29)(H,24,26,27). The van der Waals surface area contributed by atoms with Crippen molar-refractivity contribution in [3.05, 3.63) is 54.1 Å². The summed E-state index contributed by atoms with van der Waals surface area (Å²) >= 11 is 0. The molecular weight excluding hydrogens is 364 g/mol. The molecule has 0 radical (unpaired) electrons. The normalized spacial score (nSPS) is 11.4. The topological polar surface area (TPSA) is 99.9 Å². The summed E-state index contributed by atoms with van der Waals surface area (Å²) < 4.78 is 0. The van der Waals surface area contributed by atoms with Gasteiger partial charge in [-0.2, -0.15) is 0 Å². The molecule has 7 nitrogen and oxygen atoms in total. The Balaban J connectivity index is 1.81. The number of benzene rings is 2. The highest BCUT2D eigenvalue weighted by Gasteiger charge is 2.20. The molecule has 2 heterocycles. The van der Waals surface area contributed by atoms with Crippen LogP contribution in [0.2, 0.25) is 0 Å². The predicted molar refractivity (Wildman–Crippen MR) is 117 cm³/mol. The average molecular weight is 388 g/mol. The van der Waals surface area contributed by atoms with Crippen LogP contribution in [-0.4, -0.2) is 52.9 Å². The lowest BCUT2D eigenvalue weighted by Crippen LogP contribution is -2.17. The number of nitrogens with two attached hydrogens (primary N) is 1. The van der Waals surface area contributed by atoms with E-state index in [9.17, 15) is 4.79 Å². The van der Waals surface area contributed by atoms with Crippen LogP contribution in [0.15, 0.2) is 48.5 Å². The Kier molecular flexibility index (Phi) is 5.14.